The van der Waals surface area contributed by atoms with Crippen LogP contribution >= 0.6 is 11.6 Å². The van der Waals surface area contributed by atoms with E-state index in [0.717, 1.165) is 0 Å². The van der Waals surface area contributed by atoms with Crippen molar-refractivity contribution in [2.75, 3.05) is 31.5 Å². The SMILES string of the molecule is CC(C)C(=O)N1CCCN(C(=O)Nc2cccc(Cl)c2F)CC1. The first kappa shape index (κ1) is 17.5. The molecule has 1 aliphatic heterocycles. The fraction of sp³-hybridized carbons (Fsp3) is 0.500. The largest absolute Gasteiger partial charge is 0.341 e. The summed E-state index contributed by atoms with van der Waals surface area (Å²) in [6.45, 7) is 5.79. The molecule has 0 radical (unpaired) electrons. The Labute approximate surface area is 140 Å². The highest BCUT2D eigenvalue weighted by Gasteiger charge is 2.23. The van der Waals surface area contributed by atoms with Crippen LogP contribution in [0.1, 0.15) is 20.3 Å². The Morgan fingerprint density at radius 2 is 1.83 bits per heavy atom. The molecule has 0 spiro atoms. The van der Waals surface area contributed by atoms with E-state index >= 15 is 0 Å². The minimum Gasteiger partial charge on any atom is -0.341 e. The molecule has 0 unspecified atom stereocenters. The van der Waals surface area contributed by atoms with E-state index in [-0.39, 0.29) is 28.6 Å². The Bertz CT molecular complexity index is 595. The molecule has 5 nitrogen and oxygen atoms in total. The predicted octanol–water partition coefficient (Wildman–Crippen LogP) is 3.20. The van der Waals surface area contributed by atoms with Crippen LogP contribution in [0.25, 0.3) is 0 Å². The van der Waals surface area contributed by atoms with Gasteiger partial charge in [0.25, 0.3) is 0 Å². The van der Waals surface area contributed by atoms with Crippen molar-refractivity contribution < 1.29 is 14.0 Å². The number of benzene rings is 1. The number of carbonyl (C=O) groups is 2. The van der Waals surface area contributed by atoms with Crippen molar-refractivity contribution in [3.63, 3.8) is 0 Å². The number of nitrogens with one attached hydrogen (secondary N) is 1. The van der Waals surface area contributed by atoms with Crippen molar-refractivity contribution in [3.05, 3.63) is 29.0 Å². The lowest BCUT2D eigenvalue weighted by molar-refractivity contribution is -0.134. The highest BCUT2D eigenvalue weighted by atomic mass is 35.5. The fourth-order valence-electron chi connectivity index (χ4n) is 2.50. The van der Waals surface area contributed by atoms with Gasteiger partial charge in [-0.3, -0.25) is 4.79 Å². The molecule has 0 aromatic heterocycles. The Morgan fingerprint density at radius 1 is 1.17 bits per heavy atom. The molecule has 1 aromatic carbocycles. The van der Waals surface area contributed by atoms with Crippen molar-refractivity contribution in [2.24, 2.45) is 5.92 Å². The van der Waals surface area contributed by atoms with Gasteiger partial charge in [0.2, 0.25) is 5.91 Å². The average molecular weight is 342 g/mol. The molecule has 1 fully saturated rings. The van der Waals surface area contributed by atoms with Crippen molar-refractivity contribution in [3.8, 4) is 0 Å². The number of hydrogen-bond donors (Lipinski definition) is 1. The summed E-state index contributed by atoms with van der Waals surface area (Å²) in [6.07, 6.45) is 0.698. The predicted molar refractivity (Wildman–Crippen MR) is 88.0 cm³/mol. The maximum atomic E-state index is 13.8. The molecule has 1 saturated heterocycles. The summed E-state index contributed by atoms with van der Waals surface area (Å²) in [7, 11) is 0. The van der Waals surface area contributed by atoms with Crippen LogP contribution in [-0.4, -0.2) is 47.9 Å². The molecule has 0 atom stereocenters. The van der Waals surface area contributed by atoms with E-state index < -0.39 is 5.82 Å². The van der Waals surface area contributed by atoms with Gasteiger partial charge in [-0.15, -0.1) is 0 Å². The summed E-state index contributed by atoms with van der Waals surface area (Å²) < 4.78 is 13.8. The number of rotatable bonds is 2. The van der Waals surface area contributed by atoms with Gasteiger partial charge < -0.3 is 15.1 Å². The summed E-state index contributed by atoms with van der Waals surface area (Å²) in [5, 5.41) is 2.50. The second-order valence-corrected chi connectivity index (χ2v) is 6.26. The van der Waals surface area contributed by atoms with Crippen molar-refractivity contribution in [2.45, 2.75) is 20.3 Å². The Balaban J connectivity index is 1.98. The zero-order valence-corrected chi connectivity index (χ0v) is 14.1. The molecule has 1 heterocycles. The lowest BCUT2D eigenvalue weighted by Crippen LogP contribution is -2.40. The van der Waals surface area contributed by atoms with Crippen LogP contribution < -0.4 is 5.32 Å². The van der Waals surface area contributed by atoms with Crippen molar-refractivity contribution >= 4 is 29.2 Å². The molecule has 1 aromatic rings. The maximum Gasteiger partial charge on any atom is 0.321 e. The smallest absolute Gasteiger partial charge is 0.321 e. The van der Waals surface area contributed by atoms with Gasteiger partial charge in [-0.25, -0.2) is 9.18 Å². The molecule has 2 rings (SSSR count). The van der Waals surface area contributed by atoms with E-state index in [1.54, 1.807) is 15.9 Å². The van der Waals surface area contributed by atoms with E-state index in [0.29, 0.717) is 32.6 Å². The lowest BCUT2D eigenvalue weighted by Gasteiger charge is -2.23. The van der Waals surface area contributed by atoms with Crippen LogP contribution in [0.3, 0.4) is 0 Å². The van der Waals surface area contributed by atoms with Gasteiger partial charge in [0, 0.05) is 32.1 Å². The lowest BCUT2D eigenvalue weighted by atomic mass is 10.2. The van der Waals surface area contributed by atoms with Gasteiger partial charge in [0.1, 0.15) is 0 Å². The first-order valence-electron chi connectivity index (χ1n) is 7.69. The summed E-state index contributed by atoms with van der Waals surface area (Å²) in [4.78, 5) is 27.7. The summed E-state index contributed by atoms with van der Waals surface area (Å²) in [5.74, 6) is -0.613. The highest BCUT2D eigenvalue weighted by molar-refractivity contribution is 6.31. The number of hydrogen-bond acceptors (Lipinski definition) is 2. The van der Waals surface area contributed by atoms with Gasteiger partial charge >= 0.3 is 6.03 Å². The van der Waals surface area contributed by atoms with Crippen LogP contribution in [0.4, 0.5) is 14.9 Å². The molecule has 1 N–H and O–H groups in total. The average Bonchev–Trinajstić information content (AvgIpc) is 2.77. The van der Waals surface area contributed by atoms with Gasteiger partial charge in [0.05, 0.1) is 10.7 Å². The van der Waals surface area contributed by atoms with Crippen LogP contribution in [0.5, 0.6) is 0 Å². The first-order chi connectivity index (χ1) is 10.9. The second-order valence-electron chi connectivity index (χ2n) is 5.85. The number of anilines is 1. The zero-order chi connectivity index (χ0) is 17.0. The second kappa shape index (κ2) is 7.64. The molecule has 1 aliphatic rings. The third kappa shape index (κ3) is 4.34. The highest BCUT2D eigenvalue weighted by Crippen LogP contribution is 2.22. The summed E-state index contributed by atoms with van der Waals surface area (Å²) in [5.41, 5.74) is 0.0573. The minimum atomic E-state index is -0.644. The minimum absolute atomic E-state index is 0.0348. The Kier molecular flexibility index (Phi) is 5.82. The van der Waals surface area contributed by atoms with E-state index in [2.05, 4.69) is 5.32 Å². The van der Waals surface area contributed by atoms with Crippen molar-refractivity contribution in [1.82, 2.24) is 9.80 Å². The maximum absolute atomic E-state index is 13.8. The van der Waals surface area contributed by atoms with Gasteiger partial charge in [-0.1, -0.05) is 31.5 Å². The normalized spacial score (nSPS) is 15.5. The molecular weight excluding hydrogens is 321 g/mol. The number of nitrogens with zero attached hydrogens (tertiary/aromatic N) is 2. The first-order valence-corrected chi connectivity index (χ1v) is 8.06. The standard InChI is InChI=1S/C16H21ClFN3O2/c1-11(2)15(22)20-7-4-8-21(10-9-20)16(23)19-13-6-3-5-12(17)14(13)18/h3,5-6,11H,4,7-10H2,1-2H3,(H,19,23). The van der Waals surface area contributed by atoms with Crippen LogP contribution in [-0.2, 0) is 4.79 Å². The van der Waals surface area contributed by atoms with Gasteiger partial charge in [-0.2, -0.15) is 0 Å². The monoisotopic (exact) mass is 341 g/mol. The number of halogens is 2. The van der Waals surface area contributed by atoms with E-state index in [1.165, 1.54) is 12.1 Å². The summed E-state index contributed by atoms with van der Waals surface area (Å²) >= 11 is 5.71. The van der Waals surface area contributed by atoms with E-state index in [1.807, 2.05) is 13.8 Å². The molecule has 126 valence electrons. The molecule has 0 saturated carbocycles. The number of carbonyl (C=O) groups excluding carboxylic acids is 2. The van der Waals surface area contributed by atoms with Crippen LogP contribution in [0.2, 0.25) is 5.02 Å². The van der Waals surface area contributed by atoms with E-state index in [4.69, 9.17) is 11.6 Å². The molecule has 0 aliphatic carbocycles. The third-order valence-corrected chi connectivity index (χ3v) is 4.07. The molecule has 23 heavy (non-hydrogen) atoms. The topological polar surface area (TPSA) is 52.7 Å². The summed E-state index contributed by atoms with van der Waals surface area (Å²) in [6, 6.07) is 4.08. The number of amides is 3. The number of urea groups is 1. The molecule has 3 amide bonds. The van der Waals surface area contributed by atoms with Crippen LogP contribution in [0, 0.1) is 11.7 Å². The molecular formula is C16H21ClFN3O2. The van der Waals surface area contributed by atoms with Gasteiger partial charge in [-0.05, 0) is 18.6 Å². The van der Waals surface area contributed by atoms with E-state index in [9.17, 15) is 14.0 Å². The third-order valence-electron chi connectivity index (χ3n) is 3.78. The molecule has 0 bridgehead atoms. The fourth-order valence-corrected chi connectivity index (χ4v) is 2.68. The Morgan fingerprint density at radius 3 is 2.52 bits per heavy atom. The van der Waals surface area contributed by atoms with Crippen LogP contribution in [0.15, 0.2) is 18.2 Å². The quantitative estimate of drug-likeness (QED) is 0.898. The van der Waals surface area contributed by atoms with Crippen molar-refractivity contribution in [1.29, 1.82) is 0 Å². The van der Waals surface area contributed by atoms with Gasteiger partial charge in [0.15, 0.2) is 5.82 Å². The Hall–Kier alpha value is -1.82. The molecule has 7 heteroatoms. The zero-order valence-electron chi connectivity index (χ0n) is 13.3.